The molecule has 7 nitrogen and oxygen atoms in total. The van der Waals surface area contributed by atoms with Crippen LogP contribution < -0.4 is 16.0 Å². The first-order valence-electron chi connectivity index (χ1n) is 10.2. The normalized spacial score (nSPS) is 8.45. The van der Waals surface area contributed by atoms with Gasteiger partial charge in [-0.2, -0.15) is 22.3 Å². The highest BCUT2D eigenvalue weighted by molar-refractivity contribution is 7.97. The molecule has 0 aliphatic carbocycles. The second kappa shape index (κ2) is 25.3. The van der Waals surface area contributed by atoms with Gasteiger partial charge in [0.1, 0.15) is 13.0 Å². The minimum absolute atomic E-state index is 0.0273. The number of hydrogen-bond donors (Lipinski definition) is 3. The summed E-state index contributed by atoms with van der Waals surface area (Å²) in [6.45, 7) is 10.6. The molecule has 0 spiro atoms. The van der Waals surface area contributed by atoms with Crippen LogP contribution in [-0.2, 0) is 16.0 Å². The van der Waals surface area contributed by atoms with E-state index in [1.54, 1.807) is 23.9 Å². The molecule has 1 rings (SSSR count). The Morgan fingerprint density at radius 1 is 1.10 bits per heavy atom. The van der Waals surface area contributed by atoms with Gasteiger partial charge in [0.15, 0.2) is 0 Å². The van der Waals surface area contributed by atoms with Gasteiger partial charge in [-0.15, -0.1) is 0 Å². The van der Waals surface area contributed by atoms with E-state index in [1.807, 2.05) is 19.4 Å². The number of benzene rings is 1. The van der Waals surface area contributed by atoms with E-state index < -0.39 is 5.91 Å². The van der Waals surface area contributed by atoms with Crippen molar-refractivity contribution >= 4 is 29.3 Å². The minimum Gasteiger partial charge on any atom is -0.383 e. The Bertz CT molecular complexity index is 667. The topological polar surface area (TPSA) is 118 Å². The standard InChI is InChI=1S/C12H19N.C5H5N3O.C4H9NO.C2H6S/c1-4-6-11-7-5-8-12(9-11)13-10(2)3;6-2-1-5(9)8-4-3-7;1-3-5-4(2)6;1-3-2/h5,7-10,13H,4,6H2,1-3H3;1,4H2,(H,8,9);3H2,1-2H3,(H,5,6);1-2H3. The molecule has 0 atom stereocenters. The lowest BCUT2D eigenvalue weighted by molar-refractivity contribution is -0.120. The molecule has 1 aromatic carbocycles. The van der Waals surface area contributed by atoms with E-state index in [9.17, 15) is 9.59 Å². The maximum absolute atomic E-state index is 10.3. The highest BCUT2D eigenvalue weighted by Crippen LogP contribution is 2.12. The van der Waals surface area contributed by atoms with Gasteiger partial charge < -0.3 is 16.0 Å². The van der Waals surface area contributed by atoms with Crippen LogP contribution in [0.5, 0.6) is 0 Å². The number of carbonyl (C=O) groups excluding carboxylic acids is 2. The summed E-state index contributed by atoms with van der Waals surface area (Å²) < 4.78 is 0. The van der Waals surface area contributed by atoms with Crippen LogP contribution >= 0.6 is 11.8 Å². The molecule has 0 radical (unpaired) electrons. The molecule has 0 aliphatic heterocycles. The average molecular weight is 450 g/mol. The van der Waals surface area contributed by atoms with Crippen molar-refractivity contribution in [3.05, 3.63) is 29.8 Å². The van der Waals surface area contributed by atoms with Gasteiger partial charge in [-0.05, 0) is 57.4 Å². The van der Waals surface area contributed by atoms with E-state index in [0.29, 0.717) is 6.04 Å². The van der Waals surface area contributed by atoms with Crippen molar-refractivity contribution in [3.8, 4) is 12.1 Å². The Balaban J connectivity index is -0.000000380. The quantitative estimate of drug-likeness (QED) is 0.539. The van der Waals surface area contributed by atoms with Gasteiger partial charge in [0.05, 0.1) is 12.1 Å². The fraction of sp³-hybridized carbons (Fsp3) is 0.565. The average Bonchev–Trinajstić information content (AvgIpc) is 2.68. The number of nitrogens with one attached hydrogen (secondary N) is 3. The van der Waals surface area contributed by atoms with Crippen LogP contribution in [-0.4, -0.2) is 43.5 Å². The first-order chi connectivity index (χ1) is 14.7. The smallest absolute Gasteiger partial charge is 0.235 e. The second-order valence-electron chi connectivity index (χ2n) is 6.51. The number of amides is 2. The van der Waals surface area contributed by atoms with Gasteiger partial charge in [0.25, 0.3) is 0 Å². The van der Waals surface area contributed by atoms with E-state index in [-0.39, 0.29) is 18.9 Å². The van der Waals surface area contributed by atoms with Gasteiger partial charge in [0.2, 0.25) is 11.8 Å². The van der Waals surface area contributed by atoms with E-state index >= 15 is 0 Å². The second-order valence-corrected chi connectivity index (χ2v) is 7.33. The molecule has 3 N–H and O–H groups in total. The van der Waals surface area contributed by atoms with Gasteiger partial charge in [-0.25, -0.2) is 0 Å². The molecule has 0 heterocycles. The molecule has 0 unspecified atom stereocenters. The summed E-state index contributed by atoms with van der Waals surface area (Å²) in [5.41, 5.74) is 2.66. The van der Waals surface area contributed by atoms with E-state index in [0.717, 1.165) is 6.54 Å². The van der Waals surface area contributed by atoms with Crippen LogP contribution in [0.4, 0.5) is 5.69 Å². The number of nitrogens with zero attached hydrogens (tertiary/aromatic N) is 2. The number of aryl methyl sites for hydroxylation is 1. The van der Waals surface area contributed by atoms with Crippen LogP contribution in [0.2, 0.25) is 0 Å². The van der Waals surface area contributed by atoms with Crippen molar-refractivity contribution in [2.24, 2.45) is 0 Å². The van der Waals surface area contributed by atoms with Gasteiger partial charge in [0, 0.05) is 25.2 Å². The predicted molar refractivity (Wildman–Crippen MR) is 132 cm³/mol. The number of anilines is 1. The zero-order valence-corrected chi connectivity index (χ0v) is 20.9. The maximum Gasteiger partial charge on any atom is 0.235 e. The zero-order chi connectivity index (χ0) is 24.5. The fourth-order valence-corrected chi connectivity index (χ4v) is 1.96. The lowest BCUT2D eigenvalue weighted by atomic mass is 10.1. The van der Waals surface area contributed by atoms with E-state index in [2.05, 4.69) is 61.0 Å². The van der Waals surface area contributed by atoms with Crippen LogP contribution in [0.15, 0.2) is 24.3 Å². The third-order valence-electron chi connectivity index (χ3n) is 2.95. The van der Waals surface area contributed by atoms with Crippen LogP contribution in [0, 0.1) is 22.7 Å². The monoisotopic (exact) mass is 449 g/mol. The molecule has 174 valence electrons. The molecular weight excluding hydrogens is 410 g/mol. The highest BCUT2D eigenvalue weighted by Gasteiger charge is 1.96. The Kier molecular flexibility index (Phi) is 26.9. The van der Waals surface area contributed by atoms with Crippen LogP contribution in [0.3, 0.4) is 0 Å². The Morgan fingerprint density at radius 3 is 2.10 bits per heavy atom. The summed E-state index contributed by atoms with van der Waals surface area (Å²) >= 11 is 1.75. The van der Waals surface area contributed by atoms with E-state index in [1.165, 1.54) is 31.0 Å². The first-order valence-corrected chi connectivity index (χ1v) is 11.9. The minimum atomic E-state index is -0.404. The summed E-state index contributed by atoms with van der Waals surface area (Å²) in [7, 11) is 0. The Morgan fingerprint density at radius 2 is 1.71 bits per heavy atom. The van der Waals surface area contributed by atoms with Crippen molar-refractivity contribution < 1.29 is 9.59 Å². The number of nitriles is 2. The molecule has 0 aromatic heterocycles. The summed E-state index contributed by atoms with van der Waals surface area (Å²) in [5.74, 6) is -0.364. The number of carbonyl (C=O) groups is 2. The van der Waals surface area contributed by atoms with Crippen molar-refractivity contribution in [2.75, 3.05) is 30.9 Å². The fourth-order valence-electron chi connectivity index (χ4n) is 1.96. The molecule has 0 saturated heterocycles. The molecule has 0 bridgehead atoms. The van der Waals surface area contributed by atoms with E-state index in [4.69, 9.17) is 10.5 Å². The molecule has 0 saturated carbocycles. The van der Waals surface area contributed by atoms with Crippen molar-refractivity contribution in [1.82, 2.24) is 10.6 Å². The summed E-state index contributed by atoms with van der Waals surface area (Å²) in [4.78, 5) is 20.2. The Labute approximate surface area is 193 Å². The third kappa shape index (κ3) is 29.6. The highest BCUT2D eigenvalue weighted by atomic mass is 32.2. The molecule has 0 fully saturated rings. The molecular formula is C23H39N5O2S. The lowest BCUT2D eigenvalue weighted by Gasteiger charge is -2.10. The third-order valence-corrected chi connectivity index (χ3v) is 2.95. The van der Waals surface area contributed by atoms with Gasteiger partial charge >= 0.3 is 0 Å². The molecule has 2 amide bonds. The largest absolute Gasteiger partial charge is 0.383 e. The predicted octanol–water partition coefficient (Wildman–Crippen LogP) is 4.12. The van der Waals surface area contributed by atoms with Gasteiger partial charge in [-0.1, -0.05) is 25.5 Å². The lowest BCUT2D eigenvalue weighted by Crippen LogP contribution is -2.22. The van der Waals surface area contributed by atoms with Crippen molar-refractivity contribution in [2.45, 2.75) is 59.9 Å². The van der Waals surface area contributed by atoms with Crippen molar-refractivity contribution in [3.63, 3.8) is 0 Å². The van der Waals surface area contributed by atoms with Crippen molar-refractivity contribution in [1.29, 1.82) is 10.5 Å². The number of thioether (sulfide) groups is 1. The van der Waals surface area contributed by atoms with Crippen LogP contribution in [0.1, 0.15) is 53.0 Å². The molecule has 0 aliphatic rings. The summed E-state index contributed by atoms with van der Waals surface area (Å²) in [5, 5.41) is 24.1. The summed E-state index contributed by atoms with van der Waals surface area (Å²) in [6.07, 6.45) is 6.29. The number of hydrogen-bond acceptors (Lipinski definition) is 6. The first kappa shape index (κ1) is 32.9. The zero-order valence-electron chi connectivity index (χ0n) is 20.0. The molecule has 8 heteroatoms. The summed E-state index contributed by atoms with van der Waals surface area (Å²) in [6, 6.07) is 12.6. The van der Waals surface area contributed by atoms with Crippen LogP contribution in [0.25, 0.3) is 0 Å². The SMILES string of the molecule is CCCc1cccc(NC(C)C)c1.CCNC(C)=O.CSC.N#CCNC(=O)CC#N. The number of rotatable bonds is 7. The Hall–Kier alpha value is -2.71. The molecule has 31 heavy (non-hydrogen) atoms. The maximum atomic E-state index is 10.3. The molecule has 1 aromatic rings. The van der Waals surface area contributed by atoms with Gasteiger partial charge in [-0.3, -0.25) is 9.59 Å².